The Morgan fingerprint density at radius 1 is 0.926 bits per heavy atom. The maximum absolute atomic E-state index is 12.3. The molecule has 2 aromatic rings. The van der Waals surface area contributed by atoms with Crippen LogP contribution >= 0.6 is 0 Å². The molecule has 1 heterocycles. The normalized spacial score (nSPS) is 15.3. The van der Waals surface area contributed by atoms with Crippen molar-refractivity contribution in [2.24, 2.45) is 5.92 Å². The van der Waals surface area contributed by atoms with Gasteiger partial charge in [0.05, 0.1) is 5.56 Å². The summed E-state index contributed by atoms with van der Waals surface area (Å²) in [5, 5.41) is 8.38. The minimum absolute atomic E-state index is 0.103. The fourth-order valence-corrected chi connectivity index (χ4v) is 3.20. The van der Waals surface area contributed by atoms with Gasteiger partial charge in [-0.1, -0.05) is 61.4 Å². The Labute approximate surface area is 161 Å². The molecule has 3 rings (SSSR count). The van der Waals surface area contributed by atoms with E-state index >= 15 is 0 Å². The number of likely N-dealkylation sites (tertiary alicyclic amines) is 1. The number of aromatic carboxylic acids is 1. The van der Waals surface area contributed by atoms with Crippen LogP contribution in [0.1, 0.15) is 52.5 Å². The molecule has 1 N–H and O–H groups in total. The lowest BCUT2D eigenvalue weighted by Crippen LogP contribution is -2.35. The van der Waals surface area contributed by atoms with Gasteiger partial charge in [0.2, 0.25) is 0 Å². The minimum Gasteiger partial charge on any atom is -0.478 e. The smallest absolute Gasteiger partial charge is 0.335 e. The zero-order valence-corrected chi connectivity index (χ0v) is 16.2. The van der Waals surface area contributed by atoms with Crippen LogP contribution in [0.3, 0.4) is 0 Å². The van der Waals surface area contributed by atoms with E-state index in [0.717, 1.165) is 25.2 Å². The van der Waals surface area contributed by atoms with E-state index in [9.17, 15) is 9.59 Å². The van der Waals surface area contributed by atoms with Crippen LogP contribution in [-0.2, 0) is 0 Å². The number of carbonyl (C=O) groups is 2. The second-order valence-corrected chi connectivity index (χ2v) is 7.16. The summed E-state index contributed by atoms with van der Waals surface area (Å²) in [6.07, 6.45) is 3.91. The van der Waals surface area contributed by atoms with Crippen molar-refractivity contribution >= 4 is 11.8 Å². The maximum Gasteiger partial charge on any atom is 0.335 e. The number of carboxylic acid groups (broad SMARTS) is 1. The molecule has 0 unspecified atom stereocenters. The number of hydrogen-bond donors (Lipinski definition) is 1. The van der Waals surface area contributed by atoms with Crippen LogP contribution in [-0.4, -0.2) is 41.4 Å². The van der Waals surface area contributed by atoms with Gasteiger partial charge in [0.15, 0.2) is 5.78 Å². The molecule has 0 amide bonds. The summed E-state index contributed by atoms with van der Waals surface area (Å²) >= 11 is 0. The van der Waals surface area contributed by atoms with Crippen molar-refractivity contribution in [1.82, 2.24) is 4.90 Å². The first-order valence-electron chi connectivity index (χ1n) is 9.59. The monoisotopic (exact) mass is 367 g/mol. The Hall–Kier alpha value is -2.46. The molecule has 1 aliphatic heterocycles. The summed E-state index contributed by atoms with van der Waals surface area (Å²) < 4.78 is 0. The number of Topliss-reactive ketones (excluding diaryl/α,β-unsaturated/α-hetero) is 1. The largest absolute Gasteiger partial charge is 0.478 e. The molecule has 144 valence electrons. The third-order valence-electron chi connectivity index (χ3n) is 4.79. The van der Waals surface area contributed by atoms with Crippen molar-refractivity contribution in [3.05, 3.63) is 71.3 Å². The molecule has 1 fully saturated rings. The summed E-state index contributed by atoms with van der Waals surface area (Å²) in [5.74, 6) is -0.498. The molecular weight excluding hydrogens is 338 g/mol. The van der Waals surface area contributed by atoms with Gasteiger partial charge >= 0.3 is 5.97 Å². The third kappa shape index (κ3) is 6.99. The number of aryl methyl sites for hydroxylation is 1. The maximum atomic E-state index is 12.3. The van der Waals surface area contributed by atoms with Crippen LogP contribution in [0.4, 0.5) is 0 Å². The highest BCUT2D eigenvalue weighted by atomic mass is 16.4. The molecule has 27 heavy (non-hydrogen) atoms. The first kappa shape index (κ1) is 20.8. The van der Waals surface area contributed by atoms with Gasteiger partial charge in [0.25, 0.3) is 0 Å². The van der Waals surface area contributed by atoms with Crippen molar-refractivity contribution in [3.63, 3.8) is 0 Å². The van der Waals surface area contributed by atoms with Crippen molar-refractivity contribution in [1.29, 1.82) is 0 Å². The first-order chi connectivity index (χ1) is 13.0. The fraction of sp³-hybridized carbons (Fsp3) is 0.391. The lowest BCUT2D eigenvalue weighted by Gasteiger charge is -2.28. The van der Waals surface area contributed by atoms with Gasteiger partial charge in [-0.05, 0) is 45.0 Å². The topological polar surface area (TPSA) is 57.6 Å². The number of rotatable bonds is 5. The lowest BCUT2D eigenvalue weighted by atomic mass is 9.97. The Kier molecular flexibility index (Phi) is 8.21. The summed E-state index contributed by atoms with van der Waals surface area (Å²) in [5.41, 5.74) is 2.39. The molecule has 4 nitrogen and oxygen atoms in total. The van der Waals surface area contributed by atoms with E-state index in [1.807, 2.05) is 31.2 Å². The number of carboxylic acids is 1. The summed E-state index contributed by atoms with van der Waals surface area (Å²) in [6, 6.07) is 16.2. The number of hydrogen-bond acceptors (Lipinski definition) is 3. The van der Waals surface area contributed by atoms with Crippen LogP contribution in [0.2, 0.25) is 0 Å². The Morgan fingerprint density at radius 3 is 2.04 bits per heavy atom. The van der Waals surface area contributed by atoms with E-state index in [1.165, 1.54) is 24.8 Å². The summed E-state index contributed by atoms with van der Waals surface area (Å²) in [4.78, 5) is 24.9. The summed E-state index contributed by atoms with van der Waals surface area (Å²) in [7, 11) is 0. The second kappa shape index (κ2) is 10.6. The van der Waals surface area contributed by atoms with Gasteiger partial charge in [-0.2, -0.15) is 0 Å². The van der Waals surface area contributed by atoms with Crippen molar-refractivity contribution in [3.8, 4) is 0 Å². The molecule has 1 aliphatic rings. The number of ketones is 1. The van der Waals surface area contributed by atoms with E-state index in [-0.39, 0.29) is 11.7 Å². The highest BCUT2D eigenvalue weighted by Crippen LogP contribution is 2.15. The van der Waals surface area contributed by atoms with E-state index in [2.05, 4.69) is 11.8 Å². The van der Waals surface area contributed by atoms with Crippen LogP contribution in [0.5, 0.6) is 0 Å². The Balaban J connectivity index is 0.000000244. The lowest BCUT2D eigenvalue weighted by molar-refractivity contribution is 0.0696. The standard InChI is InChI=1S/C16H23NO.C7H6O2/c1-13-6-8-15(9-7-13)16(18)14(2)12-17-10-4-3-5-11-17;8-7(9)6-4-2-1-3-5-6/h6-9,14H,3-5,10-12H2,1-2H3;1-5H,(H,8,9)/t14-;/m0./s1. The van der Waals surface area contributed by atoms with Gasteiger partial charge in [0.1, 0.15) is 0 Å². The number of benzene rings is 2. The predicted octanol–water partition coefficient (Wildman–Crippen LogP) is 4.68. The third-order valence-corrected chi connectivity index (χ3v) is 4.79. The summed E-state index contributed by atoms with van der Waals surface area (Å²) in [6.45, 7) is 7.33. The molecule has 0 bridgehead atoms. The molecule has 0 aromatic heterocycles. The quantitative estimate of drug-likeness (QED) is 0.779. The van der Waals surface area contributed by atoms with Gasteiger partial charge in [0, 0.05) is 18.0 Å². The van der Waals surface area contributed by atoms with Crippen LogP contribution in [0.25, 0.3) is 0 Å². The molecule has 2 aromatic carbocycles. The van der Waals surface area contributed by atoms with E-state index in [1.54, 1.807) is 30.3 Å². The first-order valence-corrected chi connectivity index (χ1v) is 9.59. The van der Waals surface area contributed by atoms with Gasteiger partial charge in [-0.15, -0.1) is 0 Å². The molecule has 1 atom stereocenters. The van der Waals surface area contributed by atoms with Gasteiger partial charge in [-0.25, -0.2) is 4.79 Å². The average Bonchev–Trinajstić information content (AvgIpc) is 2.70. The van der Waals surface area contributed by atoms with Crippen molar-refractivity contribution in [2.75, 3.05) is 19.6 Å². The molecule has 0 radical (unpaired) electrons. The van der Waals surface area contributed by atoms with Gasteiger partial charge < -0.3 is 10.0 Å². The molecular formula is C23H29NO3. The van der Waals surface area contributed by atoms with E-state index in [4.69, 9.17) is 5.11 Å². The number of carbonyl (C=O) groups excluding carboxylic acids is 1. The van der Waals surface area contributed by atoms with Crippen molar-refractivity contribution in [2.45, 2.75) is 33.1 Å². The van der Waals surface area contributed by atoms with E-state index in [0.29, 0.717) is 5.56 Å². The van der Waals surface area contributed by atoms with Crippen LogP contribution in [0.15, 0.2) is 54.6 Å². The fourth-order valence-electron chi connectivity index (χ4n) is 3.20. The molecule has 0 saturated carbocycles. The highest BCUT2D eigenvalue weighted by Gasteiger charge is 2.19. The zero-order valence-electron chi connectivity index (χ0n) is 16.2. The minimum atomic E-state index is -0.879. The molecule has 0 spiro atoms. The van der Waals surface area contributed by atoms with Crippen LogP contribution in [0, 0.1) is 12.8 Å². The van der Waals surface area contributed by atoms with Crippen molar-refractivity contribution < 1.29 is 14.7 Å². The zero-order chi connectivity index (χ0) is 19.6. The van der Waals surface area contributed by atoms with E-state index < -0.39 is 5.97 Å². The highest BCUT2D eigenvalue weighted by molar-refractivity contribution is 5.97. The number of piperidine rings is 1. The SMILES string of the molecule is Cc1ccc(C(=O)[C@@H](C)CN2CCCCC2)cc1.O=C(O)c1ccccc1. The van der Waals surface area contributed by atoms with Crippen LogP contribution < -0.4 is 0 Å². The predicted molar refractivity (Wildman–Crippen MR) is 108 cm³/mol. The molecule has 4 heteroatoms. The average molecular weight is 367 g/mol. The second-order valence-electron chi connectivity index (χ2n) is 7.16. The number of nitrogens with zero attached hydrogens (tertiary/aromatic N) is 1. The Morgan fingerprint density at radius 2 is 1.52 bits per heavy atom. The Bertz CT molecular complexity index is 719. The van der Waals surface area contributed by atoms with Gasteiger partial charge in [-0.3, -0.25) is 4.79 Å². The molecule has 1 saturated heterocycles. The molecule has 0 aliphatic carbocycles.